The topological polar surface area (TPSA) is 70.7 Å². The molecule has 0 aliphatic carbocycles. The summed E-state index contributed by atoms with van der Waals surface area (Å²) in [7, 11) is 0. The zero-order chi connectivity index (χ0) is 18.7. The number of carbonyl (C=O) groups excluding carboxylic acids is 2. The first-order chi connectivity index (χ1) is 12.3. The lowest BCUT2D eigenvalue weighted by Crippen LogP contribution is -2.51. The van der Waals surface area contributed by atoms with Crippen molar-refractivity contribution >= 4 is 29.9 Å². The van der Waals surface area contributed by atoms with E-state index in [2.05, 4.69) is 15.4 Å². The van der Waals surface area contributed by atoms with Gasteiger partial charge in [0, 0.05) is 18.3 Å². The highest BCUT2D eigenvalue weighted by Crippen LogP contribution is 2.29. The van der Waals surface area contributed by atoms with Gasteiger partial charge in [0.1, 0.15) is 11.8 Å². The maximum atomic E-state index is 12.5. The molecule has 2 unspecified atom stereocenters. The Bertz CT molecular complexity index is 681. The van der Waals surface area contributed by atoms with E-state index in [9.17, 15) is 22.8 Å². The van der Waals surface area contributed by atoms with Crippen LogP contribution in [0.4, 0.5) is 18.9 Å². The highest BCUT2D eigenvalue weighted by atomic mass is 35.5. The number of hydrogen-bond donors (Lipinski definition) is 2. The van der Waals surface area contributed by atoms with Crippen LogP contribution >= 0.6 is 12.4 Å². The summed E-state index contributed by atoms with van der Waals surface area (Å²) in [6, 6.07) is 4.30. The van der Waals surface area contributed by atoms with Crippen LogP contribution in [0.2, 0.25) is 0 Å². The smallest absolute Gasteiger partial charge is 0.406 e. The van der Waals surface area contributed by atoms with Gasteiger partial charge < -0.3 is 20.3 Å². The van der Waals surface area contributed by atoms with Crippen LogP contribution < -0.4 is 20.3 Å². The molecule has 2 heterocycles. The molecule has 0 bridgehead atoms. The summed E-state index contributed by atoms with van der Waals surface area (Å²) < 4.78 is 41.0. The second-order valence-corrected chi connectivity index (χ2v) is 6.39. The van der Waals surface area contributed by atoms with Crippen LogP contribution in [0.3, 0.4) is 0 Å². The first-order valence-corrected chi connectivity index (χ1v) is 8.54. The van der Waals surface area contributed by atoms with E-state index in [1.807, 2.05) is 0 Å². The summed E-state index contributed by atoms with van der Waals surface area (Å²) >= 11 is 0. The normalized spacial score (nSPS) is 22.9. The standard InChI is InChI=1S/C17H20F3N3O3.ClH/c18-17(19,20)26-12-5-3-4-11(10-12)23-9-7-14(16(23)25)22-15(24)13-6-1-2-8-21-13;/h3-5,10,13-14,21H,1-2,6-9H2,(H,22,24);1H. The third-order valence-electron chi connectivity index (χ3n) is 4.51. The number of amides is 2. The van der Waals surface area contributed by atoms with E-state index in [-0.39, 0.29) is 36.0 Å². The molecule has 0 spiro atoms. The summed E-state index contributed by atoms with van der Waals surface area (Å²) in [5, 5.41) is 5.87. The maximum absolute atomic E-state index is 12.5. The molecule has 2 atom stereocenters. The first-order valence-electron chi connectivity index (χ1n) is 8.54. The van der Waals surface area contributed by atoms with Crippen molar-refractivity contribution in [3.63, 3.8) is 0 Å². The summed E-state index contributed by atoms with van der Waals surface area (Å²) in [5.74, 6) is -0.931. The van der Waals surface area contributed by atoms with Crippen molar-refractivity contribution in [2.75, 3.05) is 18.0 Å². The van der Waals surface area contributed by atoms with Gasteiger partial charge in [-0.05, 0) is 37.9 Å². The second kappa shape index (κ2) is 8.79. The number of alkyl halides is 3. The van der Waals surface area contributed by atoms with Crippen LogP contribution in [0.5, 0.6) is 5.75 Å². The van der Waals surface area contributed by atoms with Crippen LogP contribution in [0.15, 0.2) is 24.3 Å². The Labute approximate surface area is 160 Å². The Morgan fingerprint density at radius 3 is 2.70 bits per heavy atom. The number of piperidine rings is 1. The van der Waals surface area contributed by atoms with Crippen molar-refractivity contribution in [2.24, 2.45) is 0 Å². The Morgan fingerprint density at radius 1 is 1.26 bits per heavy atom. The second-order valence-electron chi connectivity index (χ2n) is 6.39. The number of nitrogens with one attached hydrogen (secondary N) is 2. The molecule has 0 radical (unpaired) electrons. The van der Waals surface area contributed by atoms with E-state index in [1.54, 1.807) is 0 Å². The molecule has 0 aromatic heterocycles. The van der Waals surface area contributed by atoms with Gasteiger partial charge in [-0.15, -0.1) is 25.6 Å². The minimum absolute atomic E-state index is 0. The third kappa shape index (κ3) is 5.49. The summed E-state index contributed by atoms with van der Waals surface area (Å²) in [5.41, 5.74) is 0.310. The lowest BCUT2D eigenvalue weighted by Gasteiger charge is -2.24. The van der Waals surface area contributed by atoms with Crippen LogP contribution in [0.1, 0.15) is 25.7 Å². The number of nitrogens with zero attached hydrogens (tertiary/aromatic N) is 1. The van der Waals surface area contributed by atoms with E-state index in [1.165, 1.54) is 23.1 Å². The average Bonchev–Trinajstić information content (AvgIpc) is 2.95. The van der Waals surface area contributed by atoms with Gasteiger partial charge in [0.2, 0.25) is 11.8 Å². The number of anilines is 1. The number of hydrogen-bond acceptors (Lipinski definition) is 4. The maximum Gasteiger partial charge on any atom is 0.573 e. The molecule has 1 aromatic rings. The molecular formula is C17H21ClF3N3O3. The van der Waals surface area contributed by atoms with E-state index >= 15 is 0 Å². The first kappa shape index (κ1) is 21.3. The van der Waals surface area contributed by atoms with Crippen molar-refractivity contribution in [1.82, 2.24) is 10.6 Å². The Kier molecular flexibility index (Phi) is 6.94. The van der Waals surface area contributed by atoms with Crippen molar-refractivity contribution in [2.45, 2.75) is 44.1 Å². The summed E-state index contributed by atoms with van der Waals surface area (Å²) in [4.78, 5) is 26.2. The lowest BCUT2D eigenvalue weighted by atomic mass is 10.0. The van der Waals surface area contributed by atoms with Gasteiger partial charge in [-0.25, -0.2) is 0 Å². The molecule has 2 N–H and O–H groups in total. The van der Waals surface area contributed by atoms with Crippen molar-refractivity contribution in [1.29, 1.82) is 0 Å². The number of carbonyl (C=O) groups is 2. The Balaban J connectivity index is 0.00000261. The van der Waals surface area contributed by atoms with E-state index in [0.29, 0.717) is 18.7 Å². The summed E-state index contributed by atoms with van der Waals surface area (Å²) in [6.45, 7) is 1.09. The Hall–Kier alpha value is -2.00. The van der Waals surface area contributed by atoms with Gasteiger partial charge in [-0.3, -0.25) is 9.59 Å². The van der Waals surface area contributed by atoms with Crippen LogP contribution in [-0.2, 0) is 9.59 Å². The molecule has 2 fully saturated rings. The zero-order valence-electron chi connectivity index (χ0n) is 14.4. The molecule has 6 nitrogen and oxygen atoms in total. The van der Waals surface area contributed by atoms with Crippen molar-refractivity contribution < 1.29 is 27.5 Å². The average molecular weight is 408 g/mol. The molecule has 27 heavy (non-hydrogen) atoms. The van der Waals surface area contributed by atoms with E-state index < -0.39 is 12.4 Å². The van der Waals surface area contributed by atoms with Crippen molar-refractivity contribution in [3.05, 3.63) is 24.3 Å². The number of rotatable bonds is 4. The minimum atomic E-state index is -4.79. The van der Waals surface area contributed by atoms with Gasteiger partial charge in [0.25, 0.3) is 0 Å². The molecular weight excluding hydrogens is 387 g/mol. The molecule has 2 amide bonds. The highest BCUT2D eigenvalue weighted by Gasteiger charge is 2.36. The quantitative estimate of drug-likeness (QED) is 0.804. The van der Waals surface area contributed by atoms with Gasteiger partial charge >= 0.3 is 6.36 Å². The molecule has 2 aliphatic heterocycles. The van der Waals surface area contributed by atoms with E-state index in [0.717, 1.165) is 31.9 Å². The minimum Gasteiger partial charge on any atom is -0.406 e. The third-order valence-corrected chi connectivity index (χ3v) is 4.51. The molecule has 2 aliphatic rings. The molecule has 0 saturated carbocycles. The predicted molar refractivity (Wildman–Crippen MR) is 94.9 cm³/mol. The Morgan fingerprint density at radius 2 is 2.04 bits per heavy atom. The molecule has 150 valence electrons. The largest absolute Gasteiger partial charge is 0.573 e. The fourth-order valence-electron chi connectivity index (χ4n) is 3.27. The van der Waals surface area contributed by atoms with Crippen LogP contribution in [0, 0.1) is 0 Å². The molecule has 2 saturated heterocycles. The number of ether oxygens (including phenoxy) is 1. The van der Waals surface area contributed by atoms with Crippen molar-refractivity contribution in [3.8, 4) is 5.75 Å². The molecule has 10 heteroatoms. The SMILES string of the molecule is Cl.O=C(NC1CCN(c2cccc(OC(F)(F)F)c2)C1=O)C1CCCCN1. The predicted octanol–water partition coefficient (Wildman–Crippen LogP) is 2.37. The zero-order valence-corrected chi connectivity index (χ0v) is 15.2. The van der Waals surface area contributed by atoms with Gasteiger partial charge in [-0.2, -0.15) is 0 Å². The fraction of sp³-hybridized carbons (Fsp3) is 0.529. The van der Waals surface area contributed by atoms with Gasteiger partial charge in [0.15, 0.2) is 0 Å². The fourth-order valence-corrected chi connectivity index (χ4v) is 3.27. The number of halogens is 4. The highest BCUT2D eigenvalue weighted by molar-refractivity contribution is 6.01. The molecule has 1 aromatic carbocycles. The van der Waals surface area contributed by atoms with Crippen LogP contribution in [-0.4, -0.2) is 43.3 Å². The lowest BCUT2D eigenvalue weighted by molar-refractivity contribution is -0.274. The van der Waals surface area contributed by atoms with E-state index in [4.69, 9.17) is 0 Å². The van der Waals surface area contributed by atoms with Crippen LogP contribution in [0.25, 0.3) is 0 Å². The summed E-state index contributed by atoms with van der Waals surface area (Å²) in [6.07, 6.45) is -1.68. The monoisotopic (exact) mass is 407 g/mol. The number of benzene rings is 1. The van der Waals surface area contributed by atoms with Gasteiger partial charge in [0.05, 0.1) is 6.04 Å². The molecule has 3 rings (SSSR count). The van der Waals surface area contributed by atoms with Gasteiger partial charge in [-0.1, -0.05) is 12.5 Å².